The van der Waals surface area contributed by atoms with E-state index in [1.807, 2.05) is 0 Å². The maximum Gasteiger partial charge on any atom is 0.208 e. The van der Waals surface area contributed by atoms with E-state index in [1.165, 1.54) is 6.92 Å². The molecule has 0 radical (unpaired) electrons. The molecule has 10 atom stereocenters. The van der Waals surface area contributed by atoms with Crippen molar-refractivity contribution in [2.75, 3.05) is 66.1 Å². The number of rotatable bonds is 38. The number of hydrogen-bond acceptors (Lipinski definition) is 31. The normalized spacial score (nSPS) is 20.5. The Kier molecular flexibility index (Phi) is 26.2. The molecule has 0 fully saturated rings. The van der Waals surface area contributed by atoms with Gasteiger partial charge in [0.15, 0.2) is 51.7 Å². The van der Waals surface area contributed by atoms with Gasteiger partial charge in [0.2, 0.25) is 17.2 Å². The third kappa shape index (κ3) is 10.8. The number of carbonyl (C=O) groups is 10. The lowest BCUT2D eigenvalue weighted by atomic mass is 9.30. The van der Waals surface area contributed by atoms with E-state index in [2.05, 4.69) is 0 Å². The number of Topliss-reactive ketones (excluding diaryl/α,β-unsaturated/α-hetero) is 10. The van der Waals surface area contributed by atoms with Crippen LogP contribution in [0.15, 0.2) is 0 Å². The smallest absolute Gasteiger partial charge is 0.208 e. The molecule has 71 heavy (non-hydrogen) atoms. The maximum absolute atomic E-state index is 16.1. The lowest BCUT2D eigenvalue weighted by Gasteiger charge is -2.64. The number of aliphatic hydroxyl groups is 21. The summed E-state index contributed by atoms with van der Waals surface area (Å²) in [6.45, 7) is -22.6. The van der Waals surface area contributed by atoms with Crippen LogP contribution in [-0.4, -0.2) is 298 Å². The average Bonchev–Trinajstić information content (AvgIpc) is 3.39. The van der Waals surface area contributed by atoms with Crippen molar-refractivity contribution >= 4 is 57.8 Å². The van der Waals surface area contributed by atoms with Gasteiger partial charge in [-0.1, -0.05) is 26.2 Å². The van der Waals surface area contributed by atoms with Crippen molar-refractivity contribution in [2.45, 2.75) is 99.2 Å². The lowest BCUT2D eigenvalue weighted by molar-refractivity contribution is -0.234. The zero-order chi connectivity index (χ0) is 55.9. The topological polar surface area (TPSA) is 596 Å². The van der Waals surface area contributed by atoms with E-state index in [0.717, 1.165) is 0 Å². The van der Waals surface area contributed by atoms with E-state index in [4.69, 9.17) is 0 Å². The highest BCUT2D eigenvalue weighted by atomic mass is 16.4. The van der Waals surface area contributed by atoms with Gasteiger partial charge < -0.3 is 107 Å². The van der Waals surface area contributed by atoms with Crippen molar-refractivity contribution in [3.8, 4) is 0 Å². The first-order chi connectivity index (χ1) is 33.0. The molecule has 0 aliphatic rings. The Morgan fingerprint density at radius 2 is 0.493 bits per heavy atom. The predicted molar refractivity (Wildman–Crippen MR) is 220 cm³/mol. The van der Waals surface area contributed by atoms with Gasteiger partial charge in [0.1, 0.15) is 77.3 Å². The quantitative estimate of drug-likeness (QED) is 0.0202. The standard InChI is InChI=1S/C40H62O31/c1-2-3-4-5-36(26(61)16(51)6-41,27(62)17(52)7-42)37(28(63)18(53)8-43,29(64)19(54)9-44)38(30(65)20(55)10-45,31(66)21(56)11-46)39(32(67)22(57)12-47,33(68)23(58)13-48)40(71,34(69)24(59)14-49)35(70)25(60)15-50/h16-25,41-60,71H,2-15H2,1H3. The summed E-state index contributed by atoms with van der Waals surface area (Å²) in [5, 5.41) is 230. The fourth-order valence-corrected chi connectivity index (χ4v) is 8.93. The fraction of sp³-hybridized carbons (Fsp3) is 0.750. The second-order valence-corrected chi connectivity index (χ2v) is 15.9. The fourth-order valence-electron chi connectivity index (χ4n) is 8.93. The molecule has 10 unspecified atom stereocenters. The number of hydrogen-bond donors (Lipinski definition) is 21. The average molecular weight is 1040 g/mol. The van der Waals surface area contributed by atoms with Crippen LogP contribution in [0.1, 0.15) is 32.6 Å². The van der Waals surface area contributed by atoms with Crippen molar-refractivity contribution in [1.29, 1.82) is 0 Å². The Hall–Kier alpha value is -4.14. The number of carbonyl (C=O) groups excluding carboxylic acids is 10. The largest absolute Gasteiger partial charge is 0.393 e. The van der Waals surface area contributed by atoms with Crippen LogP contribution >= 0.6 is 0 Å². The zero-order valence-electron chi connectivity index (χ0n) is 37.6. The van der Waals surface area contributed by atoms with Crippen LogP contribution in [-0.2, 0) is 47.9 Å². The molecule has 21 N–H and O–H groups in total. The van der Waals surface area contributed by atoms with E-state index < -0.39 is 231 Å². The van der Waals surface area contributed by atoms with E-state index in [0.29, 0.717) is 0 Å². The molecule has 0 bridgehead atoms. The van der Waals surface area contributed by atoms with Gasteiger partial charge in [-0.15, -0.1) is 0 Å². The molecule has 31 nitrogen and oxygen atoms in total. The lowest BCUT2D eigenvalue weighted by Crippen LogP contribution is -2.89. The van der Waals surface area contributed by atoms with Crippen LogP contribution in [0.25, 0.3) is 0 Å². The molecule has 408 valence electrons. The molecule has 0 saturated carbocycles. The Balaban J connectivity index is 12.9. The summed E-state index contributed by atoms with van der Waals surface area (Å²) in [6.07, 6.45) is -43.3. The molecule has 0 aliphatic heterocycles. The molecular formula is C40H62O31. The van der Waals surface area contributed by atoms with Gasteiger partial charge >= 0.3 is 0 Å². The molecule has 0 spiro atoms. The molecule has 0 heterocycles. The van der Waals surface area contributed by atoms with E-state index >= 15 is 38.4 Å². The summed E-state index contributed by atoms with van der Waals surface area (Å²) in [5.41, 5.74) is -30.7. The summed E-state index contributed by atoms with van der Waals surface area (Å²) in [5.74, 6) is -33.8. The monoisotopic (exact) mass is 1040 g/mol. The molecule has 0 saturated heterocycles. The van der Waals surface area contributed by atoms with Crippen LogP contribution in [0.2, 0.25) is 0 Å². The minimum Gasteiger partial charge on any atom is -0.393 e. The van der Waals surface area contributed by atoms with Gasteiger partial charge in [-0.2, -0.15) is 0 Å². The van der Waals surface area contributed by atoms with Crippen molar-refractivity contribution in [3.05, 3.63) is 0 Å². The summed E-state index contributed by atoms with van der Waals surface area (Å²) >= 11 is 0. The molecule has 0 amide bonds. The van der Waals surface area contributed by atoms with Crippen LogP contribution in [0.5, 0.6) is 0 Å². The van der Waals surface area contributed by atoms with Gasteiger partial charge in [0.25, 0.3) is 0 Å². The predicted octanol–water partition coefficient (Wildman–Crippen LogP) is -14.5. The van der Waals surface area contributed by atoms with Crippen LogP contribution < -0.4 is 0 Å². The molecule has 0 aromatic heterocycles. The number of unbranched alkanes of at least 4 members (excludes halogenated alkanes) is 2. The third-order valence-corrected chi connectivity index (χ3v) is 12.0. The van der Waals surface area contributed by atoms with E-state index in [9.17, 15) is 117 Å². The van der Waals surface area contributed by atoms with Crippen molar-refractivity contribution in [2.24, 2.45) is 21.7 Å². The summed E-state index contributed by atoms with van der Waals surface area (Å²) in [4.78, 5) is 156. The highest BCUT2D eigenvalue weighted by Gasteiger charge is 2.93. The first kappa shape index (κ1) is 66.9. The summed E-state index contributed by atoms with van der Waals surface area (Å²) < 4.78 is 0. The zero-order valence-corrected chi connectivity index (χ0v) is 37.6. The number of ketones is 10. The third-order valence-electron chi connectivity index (χ3n) is 12.0. The van der Waals surface area contributed by atoms with Crippen molar-refractivity contribution in [3.63, 3.8) is 0 Å². The molecular weight excluding hydrogens is 976 g/mol. The minimum atomic E-state index is -6.56. The second kappa shape index (κ2) is 27.8. The van der Waals surface area contributed by atoms with E-state index in [1.54, 1.807) is 0 Å². The summed E-state index contributed by atoms with van der Waals surface area (Å²) in [6, 6.07) is 0. The van der Waals surface area contributed by atoms with Crippen LogP contribution in [0.4, 0.5) is 0 Å². The van der Waals surface area contributed by atoms with E-state index in [-0.39, 0.29) is 6.42 Å². The molecule has 0 aromatic rings. The van der Waals surface area contributed by atoms with Crippen LogP contribution in [0.3, 0.4) is 0 Å². The Morgan fingerprint density at radius 1 is 0.296 bits per heavy atom. The first-order valence-corrected chi connectivity index (χ1v) is 21.0. The number of aliphatic hydroxyl groups excluding tert-OH is 20. The Labute approximate surface area is 399 Å². The van der Waals surface area contributed by atoms with Gasteiger partial charge in [0, 0.05) is 0 Å². The van der Waals surface area contributed by atoms with Gasteiger partial charge in [-0.25, -0.2) is 0 Å². The highest BCUT2D eigenvalue weighted by molar-refractivity contribution is 6.38. The van der Waals surface area contributed by atoms with Gasteiger partial charge in [0.05, 0.1) is 66.1 Å². The summed E-state index contributed by atoms with van der Waals surface area (Å²) in [7, 11) is 0. The Bertz CT molecular complexity index is 1800. The minimum absolute atomic E-state index is 0.250. The van der Waals surface area contributed by atoms with Crippen molar-refractivity contribution < 1.29 is 155 Å². The van der Waals surface area contributed by atoms with Gasteiger partial charge in [-0.05, 0) is 6.42 Å². The first-order valence-electron chi connectivity index (χ1n) is 21.0. The molecule has 0 rings (SSSR count). The van der Waals surface area contributed by atoms with Crippen LogP contribution in [0, 0.1) is 21.7 Å². The maximum atomic E-state index is 16.1. The highest BCUT2D eigenvalue weighted by Crippen LogP contribution is 2.69. The molecule has 0 aliphatic carbocycles. The second-order valence-electron chi connectivity index (χ2n) is 15.9. The van der Waals surface area contributed by atoms with Gasteiger partial charge in [-0.3, -0.25) is 47.9 Å². The molecule has 31 heteroatoms. The SMILES string of the molecule is CCCCCC(C(=O)C(O)CO)(C(=O)C(O)CO)C(C(=O)C(O)CO)(C(=O)C(O)CO)C(C(=O)C(O)CO)(C(=O)C(O)CO)C(C(=O)C(O)CO)(C(=O)C(O)CO)C(O)(C(=O)C(O)CO)C(=O)C(O)CO. The van der Waals surface area contributed by atoms with Crippen molar-refractivity contribution in [1.82, 2.24) is 0 Å². The molecule has 0 aromatic carbocycles. The Morgan fingerprint density at radius 3 is 0.718 bits per heavy atom.